The van der Waals surface area contributed by atoms with Crippen molar-refractivity contribution < 1.29 is 0 Å². The maximum absolute atomic E-state index is 11.1. The van der Waals surface area contributed by atoms with Crippen LogP contribution in [0.5, 0.6) is 0 Å². The number of nitrogens with zero attached hydrogens (tertiary/aromatic N) is 2. The summed E-state index contributed by atoms with van der Waals surface area (Å²) in [7, 11) is 0. The highest BCUT2D eigenvalue weighted by atomic mass is 16.1. The molecule has 1 atom stereocenters. The van der Waals surface area contributed by atoms with Gasteiger partial charge in [-0.3, -0.25) is 4.79 Å². The van der Waals surface area contributed by atoms with E-state index in [0.717, 1.165) is 31.6 Å². The van der Waals surface area contributed by atoms with E-state index in [0.29, 0.717) is 6.04 Å². The minimum absolute atomic E-state index is 0.144. The third kappa shape index (κ3) is 3.54. The molecule has 0 saturated carbocycles. The largest absolute Gasteiger partial charge is 0.371 e. The number of aromatic nitrogens is 2. The monoisotopic (exact) mass is 298 g/mol. The fourth-order valence-electron chi connectivity index (χ4n) is 2.98. The molecule has 116 valence electrons. The van der Waals surface area contributed by atoms with Crippen molar-refractivity contribution in [2.75, 3.05) is 18.0 Å². The van der Waals surface area contributed by atoms with Crippen LogP contribution in [-0.4, -0.2) is 29.3 Å². The van der Waals surface area contributed by atoms with Gasteiger partial charge in [0.25, 0.3) is 5.56 Å². The Morgan fingerprint density at radius 3 is 2.55 bits per heavy atom. The summed E-state index contributed by atoms with van der Waals surface area (Å²) in [5.41, 5.74) is 2.02. The van der Waals surface area contributed by atoms with Crippen LogP contribution >= 0.6 is 0 Å². The van der Waals surface area contributed by atoms with Gasteiger partial charge in [-0.15, -0.1) is 0 Å². The first-order valence-electron chi connectivity index (χ1n) is 7.84. The van der Waals surface area contributed by atoms with Crippen LogP contribution in [0.2, 0.25) is 0 Å². The molecular weight excluding hydrogens is 276 g/mol. The summed E-state index contributed by atoms with van der Waals surface area (Å²) in [6.07, 6.45) is 2.23. The molecule has 0 radical (unpaired) electrons. The van der Waals surface area contributed by atoms with Crippen molar-refractivity contribution in [3.8, 4) is 0 Å². The molecule has 1 aliphatic rings. The smallest absolute Gasteiger partial charge is 0.264 e. The van der Waals surface area contributed by atoms with Crippen LogP contribution in [-0.2, 0) is 0 Å². The third-order valence-corrected chi connectivity index (χ3v) is 4.25. The molecule has 1 aromatic heterocycles. The SMILES string of the molecule is CC(NC1CCN(c2ccccc2)CC1)c1ccc(=O)[nH]n1. The molecule has 3 rings (SSSR count). The predicted octanol–water partition coefficient (Wildman–Crippen LogP) is 2.09. The molecule has 1 aromatic carbocycles. The number of rotatable bonds is 4. The molecule has 5 heteroatoms. The van der Waals surface area contributed by atoms with Gasteiger partial charge in [-0.1, -0.05) is 18.2 Å². The van der Waals surface area contributed by atoms with Crippen molar-refractivity contribution in [1.82, 2.24) is 15.5 Å². The molecule has 0 bridgehead atoms. The highest BCUT2D eigenvalue weighted by molar-refractivity contribution is 5.46. The molecular formula is C17H22N4O. The van der Waals surface area contributed by atoms with Gasteiger partial charge in [-0.05, 0) is 38.0 Å². The first-order chi connectivity index (χ1) is 10.7. The lowest BCUT2D eigenvalue weighted by Gasteiger charge is -2.35. The lowest BCUT2D eigenvalue weighted by molar-refractivity contribution is 0.376. The summed E-state index contributed by atoms with van der Waals surface area (Å²) in [6.45, 7) is 4.21. The molecule has 0 amide bonds. The predicted molar refractivity (Wildman–Crippen MR) is 88.1 cm³/mol. The van der Waals surface area contributed by atoms with Gasteiger partial charge >= 0.3 is 0 Å². The van der Waals surface area contributed by atoms with Gasteiger partial charge in [-0.2, -0.15) is 5.10 Å². The first kappa shape index (κ1) is 14.8. The average Bonchev–Trinajstić information content (AvgIpc) is 2.57. The Kier molecular flexibility index (Phi) is 4.53. The summed E-state index contributed by atoms with van der Waals surface area (Å²) in [4.78, 5) is 13.5. The molecule has 0 spiro atoms. The standard InChI is InChI=1S/C17H22N4O/c1-13(16-7-8-17(22)20-19-16)18-14-9-11-21(12-10-14)15-5-3-2-4-6-15/h2-8,13-14,18H,9-12H2,1H3,(H,20,22). The van der Waals surface area contributed by atoms with Crippen molar-refractivity contribution in [2.24, 2.45) is 0 Å². The van der Waals surface area contributed by atoms with Gasteiger partial charge in [0.05, 0.1) is 5.69 Å². The van der Waals surface area contributed by atoms with E-state index in [1.807, 2.05) is 0 Å². The van der Waals surface area contributed by atoms with Gasteiger partial charge in [-0.25, -0.2) is 5.10 Å². The topological polar surface area (TPSA) is 61.0 Å². The van der Waals surface area contributed by atoms with Gasteiger partial charge < -0.3 is 10.2 Å². The number of hydrogen-bond donors (Lipinski definition) is 2. The maximum atomic E-state index is 11.1. The Morgan fingerprint density at radius 2 is 1.91 bits per heavy atom. The van der Waals surface area contributed by atoms with E-state index in [1.165, 1.54) is 11.8 Å². The summed E-state index contributed by atoms with van der Waals surface area (Å²) in [5, 5.41) is 10.2. The summed E-state index contributed by atoms with van der Waals surface area (Å²) in [6, 6.07) is 14.5. The molecule has 2 aromatic rings. The van der Waals surface area contributed by atoms with Gasteiger partial charge in [0, 0.05) is 36.9 Å². The van der Waals surface area contributed by atoms with E-state index in [9.17, 15) is 4.79 Å². The first-order valence-corrected chi connectivity index (χ1v) is 7.84. The quantitative estimate of drug-likeness (QED) is 0.907. The minimum atomic E-state index is -0.160. The molecule has 1 fully saturated rings. The number of hydrogen-bond acceptors (Lipinski definition) is 4. The van der Waals surface area contributed by atoms with Gasteiger partial charge in [0.2, 0.25) is 0 Å². The zero-order valence-electron chi connectivity index (χ0n) is 12.8. The van der Waals surface area contributed by atoms with Gasteiger partial charge in [0.15, 0.2) is 0 Å². The van der Waals surface area contributed by atoms with Crippen molar-refractivity contribution in [1.29, 1.82) is 0 Å². The van der Waals surface area contributed by atoms with E-state index in [2.05, 4.69) is 57.7 Å². The summed E-state index contributed by atoms with van der Waals surface area (Å²) < 4.78 is 0. The van der Waals surface area contributed by atoms with E-state index < -0.39 is 0 Å². The lowest BCUT2D eigenvalue weighted by Crippen LogP contribution is -2.43. The fraction of sp³-hybridized carbons (Fsp3) is 0.412. The number of nitrogens with one attached hydrogen (secondary N) is 2. The number of para-hydroxylation sites is 1. The third-order valence-electron chi connectivity index (χ3n) is 4.25. The van der Waals surface area contributed by atoms with E-state index in [1.54, 1.807) is 6.07 Å². The zero-order valence-corrected chi connectivity index (χ0v) is 12.8. The second kappa shape index (κ2) is 6.75. The lowest BCUT2D eigenvalue weighted by atomic mass is 10.0. The second-order valence-corrected chi connectivity index (χ2v) is 5.83. The Hall–Kier alpha value is -2.14. The van der Waals surface area contributed by atoms with Crippen LogP contribution in [0.4, 0.5) is 5.69 Å². The number of H-pyrrole nitrogens is 1. The minimum Gasteiger partial charge on any atom is -0.371 e. The molecule has 2 N–H and O–H groups in total. The Morgan fingerprint density at radius 1 is 1.18 bits per heavy atom. The van der Waals surface area contributed by atoms with Crippen molar-refractivity contribution >= 4 is 5.69 Å². The molecule has 0 aliphatic carbocycles. The van der Waals surface area contributed by atoms with Crippen LogP contribution in [0.15, 0.2) is 47.3 Å². The second-order valence-electron chi connectivity index (χ2n) is 5.83. The molecule has 1 aliphatic heterocycles. The van der Waals surface area contributed by atoms with Gasteiger partial charge in [0.1, 0.15) is 0 Å². The Balaban J connectivity index is 1.53. The molecule has 1 saturated heterocycles. The highest BCUT2D eigenvalue weighted by Crippen LogP contribution is 2.21. The molecule has 22 heavy (non-hydrogen) atoms. The number of aromatic amines is 1. The maximum Gasteiger partial charge on any atom is 0.264 e. The average molecular weight is 298 g/mol. The normalized spacial score (nSPS) is 17.4. The molecule has 2 heterocycles. The number of anilines is 1. The van der Waals surface area contributed by atoms with Crippen LogP contribution in [0.1, 0.15) is 31.5 Å². The highest BCUT2D eigenvalue weighted by Gasteiger charge is 2.21. The summed E-state index contributed by atoms with van der Waals surface area (Å²) in [5.74, 6) is 0. The van der Waals surface area contributed by atoms with Crippen LogP contribution in [0, 0.1) is 0 Å². The molecule has 1 unspecified atom stereocenters. The van der Waals surface area contributed by atoms with E-state index in [4.69, 9.17) is 0 Å². The van der Waals surface area contributed by atoms with Crippen LogP contribution < -0.4 is 15.8 Å². The van der Waals surface area contributed by atoms with Crippen molar-refractivity contribution in [3.63, 3.8) is 0 Å². The number of benzene rings is 1. The van der Waals surface area contributed by atoms with E-state index in [-0.39, 0.29) is 11.6 Å². The van der Waals surface area contributed by atoms with Crippen LogP contribution in [0.25, 0.3) is 0 Å². The fourth-order valence-corrected chi connectivity index (χ4v) is 2.98. The molecule has 5 nitrogen and oxygen atoms in total. The van der Waals surface area contributed by atoms with E-state index >= 15 is 0 Å². The van der Waals surface area contributed by atoms with Crippen LogP contribution in [0.3, 0.4) is 0 Å². The van der Waals surface area contributed by atoms with Crippen molar-refractivity contribution in [2.45, 2.75) is 31.8 Å². The Bertz CT molecular complexity index is 627. The Labute approximate surface area is 130 Å². The van der Waals surface area contributed by atoms with Crippen molar-refractivity contribution in [3.05, 3.63) is 58.5 Å². The summed E-state index contributed by atoms with van der Waals surface area (Å²) >= 11 is 0. The zero-order chi connectivity index (χ0) is 15.4. The number of piperidine rings is 1.